The third kappa shape index (κ3) is 3.90. The molecule has 2 aromatic carbocycles. The molecule has 7 heteroatoms. The Morgan fingerprint density at radius 1 is 1.22 bits per heavy atom. The van der Waals surface area contributed by atoms with Gasteiger partial charge >= 0.3 is 0 Å². The van der Waals surface area contributed by atoms with Gasteiger partial charge in [-0.05, 0) is 43.2 Å². The maximum atomic E-state index is 12.5. The number of hydrogen-bond donors (Lipinski definition) is 3. The first-order valence-electron chi connectivity index (χ1n) is 9.08. The van der Waals surface area contributed by atoms with Gasteiger partial charge in [-0.25, -0.2) is 15.8 Å². The van der Waals surface area contributed by atoms with E-state index in [4.69, 9.17) is 0 Å². The normalized spacial score (nSPS) is 19.5. The van der Waals surface area contributed by atoms with E-state index in [-0.39, 0.29) is 18.0 Å². The Hall–Kier alpha value is -2.22. The average Bonchev–Trinajstić information content (AvgIpc) is 3.27. The average molecular weight is 428 g/mol. The lowest BCUT2D eigenvalue weighted by molar-refractivity contribution is -0.122. The van der Waals surface area contributed by atoms with E-state index in [0.717, 1.165) is 27.8 Å². The molecule has 3 N–H and O–H groups in total. The van der Waals surface area contributed by atoms with E-state index in [9.17, 15) is 4.79 Å². The highest BCUT2D eigenvalue weighted by molar-refractivity contribution is 9.10. The van der Waals surface area contributed by atoms with Crippen LogP contribution in [0.1, 0.15) is 23.9 Å². The fourth-order valence-electron chi connectivity index (χ4n) is 3.53. The van der Waals surface area contributed by atoms with Crippen molar-refractivity contribution in [1.82, 2.24) is 25.7 Å². The van der Waals surface area contributed by atoms with Crippen molar-refractivity contribution in [2.75, 3.05) is 6.54 Å². The molecule has 4 rings (SSSR count). The second-order valence-electron chi connectivity index (χ2n) is 6.77. The zero-order chi connectivity index (χ0) is 18.8. The Morgan fingerprint density at radius 3 is 2.81 bits per heavy atom. The number of hydrogen-bond acceptors (Lipinski definition) is 4. The summed E-state index contributed by atoms with van der Waals surface area (Å²) in [6.45, 7) is 3.27. The number of rotatable bonds is 5. The van der Waals surface area contributed by atoms with Crippen LogP contribution >= 0.6 is 15.9 Å². The van der Waals surface area contributed by atoms with Crippen LogP contribution in [-0.2, 0) is 11.3 Å². The summed E-state index contributed by atoms with van der Waals surface area (Å²) >= 11 is 3.45. The number of aromatic nitrogens is 2. The highest BCUT2D eigenvalue weighted by Crippen LogP contribution is 2.23. The monoisotopic (exact) mass is 427 g/mol. The van der Waals surface area contributed by atoms with Crippen LogP contribution in [0.3, 0.4) is 0 Å². The predicted molar refractivity (Wildman–Crippen MR) is 109 cm³/mol. The van der Waals surface area contributed by atoms with E-state index in [1.165, 1.54) is 5.56 Å². The van der Waals surface area contributed by atoms with Crippen LogP contribution in [0.25, 0.3) is 11.0 Å². The highest BCUT2D eigenvalue weighted by atomic mass is 79.9. The van der Waals surface area contributed by atoms with Gasteiger partial charge in [-0.1, -0.05) is 40.2 Å². The van der Waals surface area contributed by atoms with Gasteiger partial charge in [0.25, 0.3) is 0 Å². The second kappa shape index (κ2) is 7.80. The van der Waals surface area contributed by atoms with E-state index >= 15 is 0 Å². The largest absolute Gasteiger partial charge is 0.353 e. The van der Waals surface area contributed by atoms with Crippen molar-refractivity contribution in [3.63, 3.8) is 0 Å². The van der Waals surface area contributed by atoms with Crippen molar-refractivity contribution in [1.29, 1.82) is 0 Å². The number of hydrazine groups is 1. The zero-order valence-electron chi connectivity index (χ0n) is 15.1. The molecule has 2 heterocycles. The van der Waals surface area contributed by atoms with Crippen LogP contribution in [0.5, 0.6) is 0 Å². The highest BCUT2D eigenvalue weighted by Gasteiger charge is 2.29. The maximum Gasteiger partial charge on any atom is 0.238 e. The molecule has 27 heavy (non-hydrogen) atoms. The van der Waals surface area contributed by atoms with E-state index in [0.29, 0.717) is 13.1 Å². The fraction of sp³-hybridized carbons (Fsp3) is 0.300. The molecule has 0 aliphatic carbocycles. The zero-order valence-corrected chi connectivity index (χ0v) is 16.7. The number of para-hydroxylation sites is 2. The Labute approximate surface area is 166 Å². The molecule has 3 aromatic rings. The van der Waals surface area contributed by atoms with Gasteiger partial charge in [0.15, 0.2) is 0 Å². The summed E-state index contributed by atoms with van der Waals surface area (Å²) in [7, 11) is 0. The third-order valence-electron chi connectivity index (χ3n) is 4.97. The Morgan fingerprint density at radius 2 is 2.00 bits per heavy atom. The number of halogens is 1. The molecule has 0 spiro atoms. The SMILES string of the molecule is Cc1nc2ccccc2n1CCNC(=O)C1CC(c2ccc(Br)cc2)NN1. The molecule has 2 unspecified atom stereocenters. The molecule has 1 amide bonds. The summed E-state index contributed by atoms with van der Waals surface area (Å²) in [6, 6.07) is 16.1. The summed E-state index contributed by atoms with van der Waals surface area (Å²) in [6.07, 6.45) is 0.723. The number of amides is 1. The van der Waals surface area contributed by atoms with Gasteiger partial charge in [-0.2, -0.15) is 0 Å². The Kier molecular flexibility index (Phi) is 5.24. The molecule has 0 radical (unpaired) electrons. The molecule has 0 bridgehead atoms. The molecule has 1 aliphatic rings. The first-order chi connectivity index (χ1) is 13.1. The Bertz CT molecular complexity index is 953. The summed E-state index contributed by atoms with van der Waals surface area (Å²) in [4.78, 5) is 17.1. The van der Waals surface area contributed by atoms with Crippen molar-refractivity contribution < 1.29 is 4.79 Å². The number of nitrogens with one attached hydrogen (secondary N) is 3. The minimum Gasteiger partial charge on any atom is -0.353 e. The molecule has 140 valence electrons. The van der Waals surface area contributed by atoms with Crippen molar-refractivity contribution in [2.24, 2.45) is 0 Å². The summed E-state index contributed by atoms with van der Waals surface area (Å²) < 4.78 is 3.19. The van der Waals surface area contributed by atoms with Crippen LogP contribution in [0.4, 0.5) is 0 Å². The number of fused-ring (bicyclic) bond motifs is 1. The van der Waals surface area contributed by atoms with Crippen LogP contribution in [0, 0.1) is 6.92 Å². The number of benzene rings is 2. The number of carbonyl (C=O) groups excluding carboxylic acids is 1. The van der Waals surface area contributed by atoms with Crippen LogP contribution < -0.4 is 16.2 Å². The molecular formula is C20H22BrN5O. The van der Waals surface area contributed by atoms with Gasteiger partial charge < -0.3 is 9.88 Å². The van der Waals surface area contributed by atoms with E-state index in [1.807, 2.05) is 37.3 Å². The van der Waals surface area contributed by atoms with Gasteiger partial charge in [0.1, 0.15) is 11.9 Å². The smallest absolute Gasteiger partial charge is 0.238 e. The standard InChI is InChI=1S/C20H22BrN5O/c1-13-23-16-4-2-3-5-19(16)26(13)11-10-22-20(27)18-12-17(24-25-18)14-6-8-15(21)9-7-14/h2-9,17-18,24-25H,10-12H2,1H3,(H,22,27). The van der Waals surface area contributed by atoms with E-state index < -0.39 is 0 Å². The first-order valence-corrected chi connectivity index (χ1v) is 9.87. The summed E-state index contributed by atoms with van der Waals surface area (Å²) in [5.41, 5.74) is 9.58. The van der Waals surface area contributed by atoms with Gasteiger partial charge in [-0.3, -0.25) is 4.79 Å². The topological polar surface area (TPSA) is 71.0 Å². The van der Waals surface area contributed by atoms with Crippen LogP contribution in [0.15, 0.2) is 53.0 Å². The number of aryl methyl sites for hydroxylation is 1. The van der Waals surface area contributed by atoms with Crippen molar-refractivity contribution in [2.45, 2.75) is 32.0 Å². The van der Waals surface area contributed by atoms with Gasteiger partial charge in [-0.15, -0.1) is 0 Å². The summed E-state index contributed by atoms with van der Waals surface area (Å²) in [5.74, 6) is 0.977. The number of imidazole rings is 1. The molecule has 1 fully saturated rings. The van der Waals surface area contributed by atoms with Crippen LogP contribution in [-0.4, -0.2) is 28.0 Å². The van der Waals surface area contributed by atoms with Crippen molar-refractivity contribution in [3.8, 4) is 0 Å². The first kappa shape index (κ1) is 18.2. The van der Waals surface area contributed by atoms with Crippen molar-refractivity contribution >= 4 is 32.9 Å². The third-order valence-corrected chi connectivity index (χ3v) is 5.50. The van der Waals surface area contributed by atoms with Gasteiger partial charge in [0.2, 0.25) is 5.91 Å². The minimum atomic E-state index is -0.237. The predicted octanol–water partition coefficient (Wildman–Crippen LogP) is 2.83. The molecule has 2 atom stereocenters. The van der Waals surface area contributed by atoms with Gasteiger partial charge in [0, 0.05) is 23.6 Å². The lowest BCUT2D eigenvalue weighted by Gasteiger charge is -2.12. The maximum absolute atomic E-state index is 12.5. The molecule has 1 aromatic heterocycles. The molecule has 0 saturated carbocycles. The lowest BCUT2D eigenvalue weighted by atomic mass is 10.0. The summed E-state index contributed by atoms with van der Waals surface area (Å²) in [5, 5.41) is 3.04. The minimum absolute atomic E-state index is 0.0178. The lowest BCUT2D eigenvalue weighted by Crippen LogP contribution is -2.44. The van der Waals surface area contributed by atoms with Gasteiger partial charge in [0.05, 0.1) is 11.0 Å². The molecular weight excluding hydrogens is 406 g/mol. The number of nitrogens with zero attached hydrogens (tertiary/aromatic N) is 2. The molecule has 1 saturated heterocycles. The Balaban J connectivity index is 1.32. The van der Waals surface area contributed by atoms with Crippen molar-refractivity contribution in [3.05, 3.63) is 64.4 Å². The van der Waals surface area contributed by atoms with Crippen LogP contribution in [0.2, 0.25) is 0 Å². The quantitative estimate of drug-likeness (QED) is 0.585. The molecule has 6 nitrogen and oxygen atoms in total. The number of carbonyl (C=O) groups is 1. The second-order valence-corrected chi connectivity index (χ2v) is 7.69. The van der Waals surface area contributed by atoms with E-state index in [1.54, 1.807) is 0 Å². The fourth-order valence-corrected chi connectivity index (χ4v) is 3.80. The molecule has 1 aliphatic heterocycles. The van der Waals surface area contributed by atoms with E-state index in [2.05, 4.69) is 59.8 Å².